The van der Waals surface area contributed by atoms with Crippen molar-refractivity contribution >= 4 is 5.69 Å². The number of anilines is 1. The summed E-state index contributed by atoms with van der Waals surface area (Å²) in [5, 5.41) is 3.03. The first-order valence-corrected chi connectivity index (χ1v) is 6.33. The average Bonchev–Trinajstić information content (AvgIpc) is 2.37. The summed E-state index contributed by atoms with van der Waals surface area (Å²) in [6.07, 6.45) is -4.31. The van der Waals surface area contributed by atoms with Crippen LogP contribution in [0.5, 0.6) is 0 Å². The van der Waals surface area contributed by atoms with E-state index in [1.54, 1.807) is 6.07 Å². The molecule has 0 radical (unpaired) electrons. The largest absolute Gasteiger partial charge is 0.416 e. The van der Waals surface area contributed by atoms with E-state index in [2.05, 4.69) is 11.4 Å². The maximum atomic E-state index is 12.6. The predicted octanol–water partition coefficient (Wildman–Crippen LogP) is 4.93. The van der Waals surface area contributed by atoms with Gasteiger partial charge in [-0.15, -0.1) is 0 Å². The van der Waals surface area contributed by atoms with Gasteiger partial charge in [0.2, 0.25) is 0 Å². The van der Waals surface area contributed by atoms with Crippen molar-refractivity contribution in [2.45, 2.75) is 26.6 Å². The Labute approximate surface area is 116 Å². The van der Waals surface area contributed by atoms with Gasteiger partial charge >= 0.3 is 6.18 Å². The minimum atomic E-state index is -4.31. The van der Waals surface area contributed by atoms with Crippen molar-refractivity contribution in [3.63, 3.8) is 0 Å². The van der Waals surface area contributed by atoms with E-state index in [0.29, 0.717) is 12.2 Å². The molecule has 0 aliphatic heterocycles. The molecule has 1 N–H and O–H groups in total. The van der Waals surface area contributed by atoms with Gasteiger partial charge in [0.05, 0.1) is 5.56 Å². The molecule has 2 aromatic rings. The van der Waals surface area contributed by atoms with Gasteiger partial charge in [0.15, 0.2) is 0 Å². The number of hydrogen-bond acceptors (Lipinski definition) is 1. The minimum absolute atomic E-state index is 0.472. The SMILES string of the molecule is Cc1ccc(CNc2cccc(C(F)(F)F)c2)c(C)c1. The zero-order valence-corrected chi connectivity index (χ0v) is 11.4. The maximum absolute atomic E-state index is 12.6. The van der Waals surface area contributed by atoms with Gasteiger partial charge in [-0.05, 0) is 43.2 Å². The summed E-state index contributed by atoms with van der Waals surface area (Å²) < 4.78 is 37.8. The molecule has 0 atom stereocenters. The molecule has 4 heteroatoms. The van der Waals surface area contributed by atoms with Gasteiger partial charge in [0, 0.05) is 12.2 Å². The number of benzene rings is 2. The van der Waals surface area contributed by atoms with Gasteiger partial charge in [-0.25, -0.2) is 0 Å². The molecule has 0 spiro atoms. The number of rotatable bonds is 3. The third-order valence-corrected chi connectivity index (χ3v) is 3.17. The second-order valence-electron chi connectivity index (χ2n) is 4.86. The van der Waals surface area contributed by atoms with Gasteiger partial charge in [0.1, 0.15) is 0 Å². The molecule has 0 saturated heterocycles. The van der Waals surface area contributed by atoms with Crippen molar-refractivity contribution in [1.82, 2.24) is 0 Å². The number of alkyl halides is 3. The molecule has 2 rings (SSSR count). The molecule has 0 aromatic heterocycles. The zero-order chi connectivity index (χ0) is 14.8. The summed E-state index contributed by atoms with van der Waals surface area (Å²) in [5.41, 5.74) is 3.21. The Morgan fingerprint density at radius 3 is 2.40 bits per heavy atom. The summed E-state index contributed by atoms with van der Waals surface area (Å²) >= 11 is 0. The van der Waals surface area contributed by atoms with Gasteiger partial charge in [-0.2, -0.15) is 13.2 Å². The maximum Gasteiger partial charge on any atom is 0.416 e. The van der Waals surface area contributed by atoms with Crippen molar-refractivity contribution < 1.29 is 13.2 Å². The molecule has 0 aliphatic rings. The number of aryl methyl sites for hydroxylation is 2. The molecule has 106 valence electrons. The Balaban J connectivity index is 2.11. The van der Waals surface area contributed by atoms with Crippen LogP contribution in [0.15, 0.2) is 42.5 Å². The van der Waals surface area contributed by atoms with E-state index in [0.717, 1.165) is 23.3 Å². The van der Waals surface area contributed by atoms with Crippen molar-refractivity contribution in [3.8, 4) is 0 Å². The van der Waals surface area contributed by atoms with Crippen molar-refractivity contribution in [1.29, 1.82) is 0 Å². The Hall–Kier alpha value is -1.97. The highest BCUT2D eigenvalue weighted by atomic mass is 19.4. The first-order valence-electron chi connectivity index (χ1n) is 6.33. The normalized spacial score (nSPS) is 11.4. The highest BCUT2D eigenvalue weighted by Gasteiger charge is 2.30. The Morgan fingerprint density at radius 1 is 1.00 bits per heavy atom. The van der Waals surface area contributed by atoms with Crippen LogP contribution in [0.2, 0.25) is 0 Å². The topological polar surface area (TPSA) is 12.0 Å². The molecule has 1 nitrogen and oxygen atoms in total. The van der Waals surface area contributed by atoms with E-state index in [9.17, 15) is 13.2 Å². The van der Waals surface area contributed by atoms with Gasteiger partial charge < -0.3 is 5.32 Å². The van der Waals surface area contributed by atoms with Gasteiger partial charge in [0.25, 0.3) is 0 Å². The van der Waals surface area contributed by atoms with Crippen LogP contribution in [0.25, 0.3) is 0 Å². The highest BCUT2D eigenvalue weighted by molar-refractivity contribution is 5.47. The smallest absolute Gasteiger partial charge is 0.381 e. The lowest BCUT2D eigenvalue weighted by Crippen LogP contribution is -2.06. The van der Waals surface area contributed by atoms with E-state index >= 15 is 0 Å². The molecule has 0 bridgehead atoms. The van der Waals surface area contributed by atoms with Crippen LogP contribution in [0.3, 0.4) is 0 Å². The van der Waals surface area contributed by atoms with E-state index < -0.39 is 11.7 Å². The molecule has 0 unspecified atom stereocenters. The van der Waals surface area contributed by atoms with Crippen molar-refractivity contribution in [3.05, 3.63) is 64.7 Å². The van der Waals surface area contributed by atoms with Crippen LogP contribution in [-0.4, -0.2) is 0 Å². The molecular weight excluding hydrogens is 263 g/mol. The van der Waals surface area contributed by atoms with Crippen LogP contribution in [0.4, 0.5) is 18.9 Å². The quantitative estimate of drug-likeness (QED) is 0.839. The van der Waals surface area contributed by atoms with Crippen LogP contribution < -0.4 is 5.32 Å². The molecule has 0 fully saturated rings. The van der Waals surface area contributed by atoms with Crippen molar-refractivity contribution in [2.75, 3.05) is 5.32 Å². The van der Waals surface area contributed by atoms with E-state index in [4.69, 9.17) is 0 Å². The van der Waals surface area contributed by atoms with Crippen LogP contribution in [-0.2, 0) is 12.7 Å². The first-order chi connectivity index (χ1) is 9.36. The first kappa shape index (κ1) is 14.4. The summed E-state index contributed by atoms with van der Waals surface area (Å²) in [6.45, 7) is 4.51. The Morgan fingerprint density at radius 2 is 1.75 bits per heavy atom. The Kier molecular flexibility index (Phi) is 4.02. The van der Waals surface area contributed by atoms with Crippen molar-refractivity contribution in [2.24, 2.45) is 0 Å². The van der Waals surface area contributed by atoms with Crippen LogP contribution in [0.1, 0.15) is 22.3 Å². The molecule has 0 saturated carbocycles. The fourth-order valence-electron chi connectivity index (χ4n) is 2.05. The summed E-state index contributed by atoms with van der Waals surface area (Å²) in [5.74, 6) is 0. The van der Waals surface area contributed by atoms with E-state index in [1.807, 2.05) is 26.0 Å². The highest BCUT2D eigenvalue weighted by Crippen LogP contribution is 2.30. The molecule has 0 heterocycles. The molecule has 0 amide bonds. The van der Waals surface area contributed by atoms with E-state index in [1.165, 1.54) is 11.6 Å². The molecule has 0 aliphatic carbocycles. The standard InChI is InChI=1S/C16H16F3N/c1-11-6-7-13(12(2)8-11)10-20-15-5-3-4-14(9-15)16(17,18)19/h3-9,20H,10H2,1-2H3. The Bertz CT molecular complexity index is 603. The molecule has 20 heavy (non-hydrogen) atoms. The summed E-state index contributed by atoms with van der Waals surface area (Å²) in [6, 6.07) is 11.3. The van der Waals surface area contributed by atoms with Gasteiger partial charge in [-0.3, -0.25) is 0 Å². The fourth-order valence-corrected chi connectivity index (χ4v) is 2.05. The number of halogens is 3. The molecule has 2 aromatic carbocycles. The second kappa shape index (κ2) is 5.57. The lowest BCUT2D eigenvalue weighted by molar-refractivity contribution is -0.137. The number of nitrogens with one attached hydrogen (secondary N) is 1. The summed E-state index contributed by atoms with van der Waals surface area (Å²) in [7, 11) is 0. The fraction of sp³-hybridized carbons (Fsp3) is 0.250. The van der Waals surface area contributed by atoms with Crippen LogP contribution >= 0.6 is 0 Å². The van der Waals surface area contributed by atoms with Gasteiger partial charge in [-0.1, -0.05) is 29.8 Å². The van der Waals surface area contributed by atoms with E-state index in [-0.39, 0.29) is 0 Å². The summed E-state index contributed by atoms with van der Waals surface area (Å²) in [4.78, 5) is 0. The van der Waals surface area contributed by atoms with Crippen LogP contribution in [0, 0.1) is 13.8 Å². The lowest BCUT2D eigenvalue weighted by atomic mass is 10.1. The average molecular weight is 279 g/mol. The third kappa shape index (κ3) is 3.53. The lowest BCUT2D eigenvalue weighted by Gasteiger charge is -2.12. The monoisotopic (exact) mass is 279 g/mol. The molecular formula is C16H16F3N. The zero-order valence-electron chi connectivity index (χ0n) is 11.4. The predicted molar refractivity (Wildman–Crippen MR) is 74.7 cm³/mol. The third-order valence-electron chi connectivity index (χ3n) is 3.17. The second-order valence-corrected chi connectivity index (χ2v) is 4.86. The minimum Gasteiger partial charge on any atom is -0.381 e. The number of hydrogen-bond donors (Lipinski definition) is 1.